The normalized spacial score (nSPS) is 11.2. The third-order valence-electron chi connectivity index (χ3n) is 2.27. The topological polar surface area (TPSA) is 54.9 Å². The van der Waals surface area contributed by atoms with E-state index >= 15 is 0 Å². The Labute approximate surface area is 110 Å². The monoisotopic (exact) mass is 285 g/mol. The molecule has 2 heterocycles. The fourth-order valence-corrected chi connectivity index (χ4v) is 1.36. The SMILES string of the molecule is O=C(Nc1cccc(F)n1)c1ccc(C(F)(F)F)nc1. The number of amides is 1. The van der Waals surface area contributed by atoms with Gasteiger partial charge < -0.3 is 5.32 Å². The highest BCUT2D eigenvalue weighted by molar-refractivity contribution is 6.03. The minimum Gasteiger partial charge on any atom is -0.306 e. The lowest BCUT2D eigenvalue weighted by molar-refractivity contribution is -0.141. The molecule has 20 heavy (non-hydrogen) atoms. The highest BCUT2D eigenvalue weighted by atomic mass is 19.4. The molecule has 0 atom stereocenters. The second-order valence-corrected chi connectivity index (χ2v) is 3.73. The molecule has 2 aromatic heterocycles. The van der Waals surface area contributed by atoms with E-state index in [1.807, 2.05) is 0 Å². The summed E-state index contributed by atoms with van der Waals surface area (Å²) in [6.07, 6.45) is -3.78. The zero-order valence-corrected chi connectivity index (χ0v) is 9.78. The quantitative estimate of drug-likeness (QED) is 0.682. The fourth-order valence-electron chi connectivity index (χ4n) is 1.36. The number of rotatable bonds is 2. The number of halogens is 4. The van der Waals surface area contributed by atoms with Gasteiger partial charge in [-0.25, -0.2) is 4.98 Å². The smallest absolute Gasteiger partial charge is 0.306 e. The Morgan fingerprint density at radius 3 is 2.45 bits per heavy atom. The highest BCUT2D eigenvalue weighted by Gasteiger charge is 2.32. The van der Waals surface area contributed by atoms with Gasteiger partial charge >= 0.3 is 6.18 Å². The second-order valence-electron chi connectivity index (χ2n) is 3.73. The molecule has 1 N–H and O–H groups in total. The summed E-state index contributed by atoms with van der Waals surface area (Å²) in [6.45, 7) is 0. The Morgan fingerprint density at radius 2 is 1.90 bits per heavy atom. The van der Waals surface area contributed by atoms with Crippen LogP contribution in [0.2, 0.25) is 0 Å². The standard InChI is InChI=1S/C12H7F4N3O/c13-9-2-1-3-10(18-9)19-11(20)7-4-5-8(17-6-7)12(14,15)16/h1-6H,(H,18,19,20). The van der Waals surface area contributed by atoms with Gasteiger partial charge in [0.25, 0.3) is 5.91 Å². The summed E-state index contributed by atoms with van der Waals surface area (Å²) in [5.74, 6) is -1.56. The number of hydrogen-bond acceptors (Lipinski definition) is 3. The molecule has 1 amide bonds. The molecule has 0 radical (unpaired) electrons. The van der Waals surface area contributed by atoms with Crippen LogP contribution in [0.1, 0.15) is 16.1 Å². The van der Waals surface area contributed by atoms with E-state index in [2.05, 4.69) is 15.3 Å². The molecule has 0 saturated heterocycles. The van der Waals surface area contributed by atoms with Crippen molar-refractivity contribution in [2.24, 2.45) is 0 Å². The molecule has 0 aliphatic rings. The maximum Gasteiger partial charge on any atom is 0.433 e. The molecule has 8 heteroatoms. The number of anilines is 1. The van der Waals surface area contributed by atoms with Crippen molar-refractivity contribution in [1.82, 2.24) is 9.97 Å². The van der Waals surface area contributed by atoms with Gasteiger partial charge in [0.1, 0.15) is 11.5 Å². The number of carbonyl (C=O) groups excluding carboxylic acids is 1. The molecule has 0 bridgehead atoms. The Balaban J connectivity index is 2.14. The van der Waals surface area contributed by atoms with Crippen LogP contribution in [0.15, 0.2) is 36.5 Å². The summed E-state index contributed by atoms with van der Waals surface area (Å²) < 4.78 is 49.7. The number of alkyl halides is 3. The lowest BCUT2D eigenvalue weighted by Crippen LogP contribution is -2.15. The van der Waals surface area contributed by atoms with Crippen LogP contribution in [0, 0.1) is 5.95 Å². The molecule has 0 saturated carbocycles. The first-order valence-electron chi connectivity index (χ1n) is 5.33. The summed E-state index contributed by atoms with van der Waals surface area (Å²) in [5, 5.41) is 2.25. The molecular weight excluding hydrogens is 278 g/mol. The van der Waals surface area contributed by atoms with Gasteiger partial charge in [-0.15, -0.1) is 0 Å². The van der Waals surface area contributed by atoms with Gasteiger partial charge in [0.15, 0.2) is 0 Å². The van der Waals surface area contributed by atoms with Crippen LogP contribution >= 0.6 is 0 Å². The molecular formula is C12H7F4N3O. The molecule has 4 nitrogen and oxygen atoms in total. The average molecular weight is 285 g/mol. The van der Waals surface area contributed by atoms with Crippen molar-refractivity contribution in [3.05, 3.63) is 53.7 Å². The molecule has 0 fully saturated rings. The van der Waals surface area contributed by atoms with Gasteiger partial charge in [0.05, 0.1) is 5.56 Å². The second kappa shape index (κ2) is 5.24. The van der Waals surface area contributed by atoms with Gasteiger partial charge in [0, 0.05) is 6.20 Å². The number of nitrogens with zero attached hydrogens (tertiary/aromatic N) is 2. The minimum absolute atomic E-state index is 0.0464. The van der Waals surface area contributed by atoms with E-state index in [1.54, 1.807) is 0 Å². The van der Waals surface area contributed by atoms with Crippen LogP contribution in [-0.2, 0) is 6.18 Å². The predicted molar refractivity (Wildman–Crippen MR) is 61.4 cm³/mol. The van der Waals surface area contributed by atoms with Gasteiger partial charge in [-0.1, -0.05) is 6.07 Å². The maximum atomic E-state index is 12.8. The number of aromatic nitrogens is 2. The maximum absolute atomic E-state index is 12.8. The van der Waals surface area contributed by atoms with Crippen molar-refractivity contribution in [2.75, 3.05) is 5.32 Å². The molecule has 0 aliphatic heterocycles. The van der Waals surface area contributed by atoms with Crippen LogP contribution < -0.4 is 5.32 Å². The zero-order chi connectivity index (χ0) is 14.8. The van der Waals surface area contributed by atoms with Crippen LogP contribution in [0.4, 0.5) is 23.4 Å². The first kappa shape index (κ1) is 13.9. The van der Waals surface area contributed by atoms with Gasteiger partial charge in [-0.2, -0.15) is 17.6 Å². The molecule has 0 unspecified atom stereocenters. The van der Waals surface area contributed by atoms with Crippen molar-refractivity contribution < 1.29 is 22.4 Å². The third-order valence-corrected chi connectivity index (χ3v) is 2.27. The van der Waals surface area contributed by atoms with Gasteiger partial charge in [-0.05, 0) is 24.3 Å². The van der Waals surface area contributed by atoms with Gasteiger partial charge in [-0.3, -0.25) is 9.78 Å². The van der Waals surface area contributed by atoms with E-state index in [9.17, 15) is 22.4 Å². The molecule has 2 aromatic rings. The fraction of sp³-hybridized carbons (Fsp3) is 0.0833. The average Bonchev–Trinajstić information content (AvgIpc) is 2.38. The van der Waals surface area contributed by atoms with E-state index in [4.69, 9.17) is 0 Å². The van der Waals surface area contributed by atoms with E-state index < -0.39 is 23.7 Å². The summed E-state index contributed by atoms with van der Waals surface area (Å²) in [4.78, 5) is 18.2. The minimum atomic E-state index is -4.57. The Morgan fingerprint density at radius 1 is 1.15 bits per heavy atom. The van der Waals surface area contributed by atoms with E-state index in [0.29, 0.717) is 6.07 Å². The Hall–Kier alpha value is -2.51. The molecule has 2 rings (SSSR count). The molecule has 0 aromatic carbocycles. The van der Waals surface area contributed by atoms with Gasteiger partial charge in [0.2, 0.25) is 5.95 Å². The van der Waals surface area contributed by atoms with E-state index in [0.717, 1.165) is 18.3 Å². The number of nitrogens with one attached hydrogen (secondary N) is 1. The van der Waals surface area contributed by atoms with Crippen molar-refractivity contribution in [3.8, 4) is 0 Å². The van der Waals surface area contributed by atoms with Crippen molar-refractivity contribution >= 4 is 11.7 Å². The Kier molecular flexibility index (Phi) is 3.64. The van der Waals surface area contributed by atoms with Crippen LogP contribution in [-0.4, -0.2) is 15.9 Å². The van der Waals surface area contributed by atoms with Crippen molar-refractivity contribution in [3.63, 3.8) is 0 Å². The third kappa shape index (κ3) is 3.28. The first-order valence-corrected chi connectivity index (χ1v) is 5.33. The van der Waals surface area contributed by atoms with Crippen molar-refractivity contribution in [2.45, 2.75) is 6.18 Å². The number of hydrogen-bond donors (Lipinski definition) is 1. The molecule has 0 aliphatic carbocycles. The summed E-state index contributed by atoms with van der Waals surface area (Å²) in [6, 6.07) is 5.44. The van der Waals surface area contributed by atoms with Crippen LogP contribution in [0.3, 0.4) is 0 Å². The lowest BCUT2D eigenvalue weighted by atomic mass is 10.2. The lowest BCUT2D eigenvalue weighted by Gasteiger charge is -2.07. The number of pyridine rings is 2. The number of carbonyl (C=O) groups is 1. The van der Waals surface area contributed by atoms with E-state index in [1.165, 1.54) is 12.1 Å². The summed E-state index contributed by atoms with van der Waals surface area (Å²) in [7, 11) is 0. The van der Waals surface area contributed by atoms with Crippen LogP contribution in [0.25, 0.3) is 0 Å². The first-order chi connectivity index (χ1) is 9.36. The highest BCUT2D eigenvalue weighted by Crippen LogP contribution is 2.27. The largest absolute Gasteiger partial charge is 0.433 e. The summed E-state index contributed by atoms with van der Waals surface area (Å²) in [5.41, 5.74) is -1.19. The van der Waals surface area contributed by atoms with E-state index in [-0.39, 0.29) is 11.4 Å². The van der Waals surface area contributed by atoms with Crippen LogP contribution in [0.5, 0.6) is 0 Å². The predicted octanol–water partition coefficient (Wildman–Crippen LogP) is 2.89. The molecule has 104 valence electrons. The summed E-state index contributed by atoms with van der Waals surface area (Å²) >= 11 is 0. The molecule has 0 spiro atoms. The Bertz CT molecular complexity index is 625. The van der Waals surface area contributed by atoms with Crippen molar-refractivity contribution in [1.29, 1.82) is 0 Å². The zero-order valence-electron chi connectivity index (χ0n) is 9.78.